The number of aromatic nitrogens is 2. The van der Waals surface area contributed by atoms with Crippen LogP contribution in [0.1, 0.15) is 65.0 Å². The molecule has 0 bridgehead atoms. The standard InChI is InChI=1S/C42H38Cl2N6O3/c1-25-7-6-18-50-38(27-11-13-28(43)14-12-27)31-23-29(44)24-33-35(31)36(39(50)34(25)26-8-3-2-4-9-26)37(46-33)41(51)47-32-10-5-17-45-40(32)48-19-15-30(16-20-48)49-21-22-53-42(49)52/h2-6,8-14,17-18,23-25,30,38,46H,7,15-16,19-22H2,1H3,(H,47,51). The maximum Gasteiger partial charge on any atom is 0.410 e. The molecule has 2 saturated heterocycles. The average Bonchev–Trinajstić information content (AvgIpc) is 3.73. The van der Waals surface area contributed by atoms with Gasteiger partial charge < -0.3 is 29.7 Å². The van der Waals surface area contributed by atoms with Gasteiger partial charge in [0.2, 0.25) is 0 Å². The highest BCUT2D eigenvalue weighted by atomic mass is 35.5. The van der Waals surface area contributed by atoms with Crippen molar-refractivity contribution in [3.63, 3.8) is 0 Å². The Morgan fingerprint density at radius 1 is 0.962 bits per heavy atom. The minimum Gasteiger partial charge on any atom is -0.448 e. The van der Waals surface area contributed by atoms with Gasteiger partial charge in [-0.25, -0.2) is 9.78 Å². The lowest BCUT2D eigenvalue weighted by Gasteiger charge is -2.39. The van der Waals surface area contributed by atoms with Gasteiger partial charge in [-0.1, -0.05) is 78.7 Å². The largest absolute Gasteiger partial charge is 0.448 e. The molecule has 4 aliphatic rings. The minimum absolute atomic E-state index is 0.131. The number of carbonyl (C=O) groups excluding carboxylic acids is 2. The van der Waals surface area contributed by atoms with Crippen molar-refractivity contribution < 1.29 is 14.3 Å². The highest BCUT2D eigenvalue weighted by Gasteiger charge is 2.40. The number of piperidine rings is 1. The van der Waals surface area contributed by atoms with Gasteiger partial charge in [-0.15, -0.1) is 0 Å². The molecular weight excluding hydrogens is 707 g/mol. The Morgan fingerprint density at radius 2 is 1.75 bits per heavy atom. The van der Waals surface area contributed by atoms with Crippen LogP contribution in [0.5, 0.6) is 0 Å². The fraction of sp³-hybridized carbons (Fsp3) is 0.262. The monoisotopic (exact) mass is 744 g/mol. The summed E-state index contributed by atoms with van der Waals surface area (Å²) >= 11 is 13.3. The van der Waals surface area contributed by atoms with E-state index in [9.17, 15) is 9.59 Å². The second kappa shape index (κ2) is 13.6. The smallest absolute Gasteiger partial charge is 0.410 e. The van der Waals surface area contributed by atoms with Crippen LogP contribution in [-0.4, -0.2) is 64.1 Å². The average molecular weight is 746 g/mol. The van der Waals surface area contributed by atoms with E-state index in [1.54, 1.807) is 6.20 Å². The van der Waals surface area contributed by atoms with E-state index in [-0.39, 0.29) is 30.0 Å². The van der Waals surface area contributed by atoms with E-state index >= 15 is 0 Å². The van der Waals surface area contributed by atoms with Crippen molar-refractivity contribution in [2.75, 3.05) is 36.5 Å². The first-order chi connectivity index (χ1) is 25.9. The van der Waals surface area contributed by atoms with Crippen molar-refractivity contribution >= 4 is 68.9 Å². The number of pyridine rings is 1. The van der Waals surface area contributed by atoms with Crippen molar-refractivity contribution in [2.45, 2.75) is 38.3 Å². The fourth-order valence-electron chi connectivity index (χ4n) is 8.60. The van der Waals surface area contributed by atoms with E-state index in [0.717, 1.165) is 63.7 Å². The molecule has 2 aromatic heterocycles. The van der Waals surface area contributed by atoms with Crippen molar-refractivity contribution in [3.05, 3.63) is 135 Å². The van der Waals surface area contributed by atoms with Crippen LogP contribution in [0.25, 0.3) is 22.2 Å². The molecule has 0 radical (unpaired) electrons. The molecule has 9 rings (SSSR count). The Labute approximate surface area is 317 Å². The summed E-state index contributed by atoms with van der Waals surface area (Å²) in [6.07, 6.45) is 8.32. The number of fused-ring (bicyclic) bond motifs is 2. The molecule has 0 aliphatic carbocycles. The van der Waals surface area contributed by atoms with Crippen molar-refractivity contribution in [1.82, 2.24) is 19.8 Å². The molecule has 4 aliphatic heterocycles. The number of anilines is 2. The van der Waals surface area contributed by atoms with E-state index in [4.69, 9.17) is 32.9 Å². The number of nitrogens with one attached hydrogen (secondary N) is 2. The number of carbonyl (C=O) groups is 2. The first kappa shape index (κ1) is 33.6. The summed E-state index contributed by atoms with van der Waals surface area (Å²) < 4.78 is 5.19. The number of H-pyrrole nitrogens is 1. The molecule has 2 N–H and O–H groups in total. The fourth-order valence-corrected chi connectivity index (χ4v) is 8.96. The normalized spacial score (nSPS) is 20.1. The Hall–Kier alpha value is -5.25. The molecule has 9 nitrogen and oxygen atoms in total. The number of allylic oxidation sites excluding steroid dienone is 2. The van der Waals surface area contributed by atoms with Crippen LogP contribution in [0.4, 0.5) is 16.3 Å². The molecule has 0 spiro atoms. The number of aromatic amines is 1. The third kappa shape index (κ3) is 5.92. The second-order valence-electron chi connectivity index (χ2n) is 14.2. The molecule has 3 aromatic carbocycles. The second-order valence-corrected chi connectivity index (χ2v) is 15.0. The zero-order valence-electron chi connectivity index (χ0n) is 29.2. The third-order valence-electron chi connectivity index (χ3n) is 11.0. The molecule has 53 heavy (non-hydrogen) atoms. The van der Waals surface area contributed by atoms with E-state index in [0.29, 0.717) is 53.5 Å². The van der Waals surface area contributed by atoms with E-state index < -0.39 is 0 Å². The van der Waals surface area contributed by atoms with Gasteiger partial charge in [0.1, 0.15) is 12.3 Å². The minimum atomic E-state index is -0.270. The Morgan fingerprint density at radius 3 is 2.51 bits per heavy atom. The quantitative estimate of drug-likeness (QED) is 0.180. The molecule has 268 valence electrons. The number of cyclic esters (lactones) is 1. The summed E-state index contributed by atoms with van der Waals surface area (Å²) in [7, 11) is 0. The highest BCUT2D eigenvalue weighted by Crippen LogP contribution is 2.53. The number of hydrogen-bond donors (Lipinski definition) is 2. The highest BCUT2D eigenvalue weighted by molar-refractivity contribution is 6.32. The molecule has 5 aromatic rings. The zero-order valence-corrected chi connectivity index (χ0v) is 30.7. The van der Waals surface area contributed by atoms with Gasteiger partial charge >= 0.3 is 6.09 Å². The van der Waals surface area contributed by atoms with Crippen LogP contribution in [0.3, 0.4) is 0 Å². The number of rotatable bonds is 6. The van der Waals surface area contributed by atoms with Gasteiger partial charge in [-0.2, -0.15) is 0 Å². The number of benzene rings is 3. The zero-order chi connectivity index (χ0) is 36.2. The SMILES string of the molecule is CC1CC=CN2C(=C1c1ccccc1)c1c(C(=O)Nc3cccnc3N3CCC(N4CCOC4=O)CC3)[nH]c3cc(Cl)cc(c13)C2c1ccc(Cl)cc1. The van der Waals surface area contributed by atoms with Crippen molar-refractivity contribution in [3.8, 4) is 0 Å². The van der Waals surface area contributed by atoms with Crippen LogP contribution in [-0.2, 0) is 4.74 Å². The summed E-state index contributed by atoms with van der Waals surface area (Å²) in [5.41, 5.74) is 8.03. The third-order valence-corrected chi connectivity index (χ3v) is 11.5. The number of ether oxygens (including phenoxy) is 1. The molecule has 0 saturated carbocycles. The van der Waals surface area contributed by atoms with Gasteiger partial charge in [-0.05, 0) is 83.8 Å². The first-order valence-corrected chi connectivity index (χ1v) is 18.9. The topological polar surface area (TPSA) is 93.8 Å². The van der Waals surface area contributed by atoms with Crippen molar-refractivity contribution in [2.24, 2.45) is 5.92 Å². The predicted molar refractivity (Wildman–Crippen MR) is 210 cm³/mol. The van der Waals surface area contributed by atoms with Gasteiger partial charge in [-0.3, -0.25) is 4.79 Å². The Balaban J connectivity index is 1.17. The van der Waals surface area contributed by atoms with E-state index in [1.165, 1.54) is 0 Å². The first-order valence-electron chi connectivity index (χ1n) is 18.2. The molecule has 2 amide bonds. The Bertz CT molecular complexity index is 2300. The Kier molecular flexibility index (Phi) is 8.63. The van der Waals surface area contributed by atoms with Crippen LogP contribution in [0.15, 0.2) is 97.3 Å². The molecule has 11 heteroatoms. The number of amides is 2. The van der Waals surface area contributed by atoms with Crippen LogP contribution >= 0.6 is 23.2 Å². The number of nitrogens with zero attached hydrogens (tertiary/aromatic N) is 4. The summed E-state index contributed by atoms with van der Waals surface area (Å²) in [5.74, 6) is 0.592. The van der Waals surface area contributed by atoms with Crippen molar-refractivity contribution in [1.29, 1.82) is 0 Å². The predicted octanol–water partition coefficient (Wildman–Crippen LogP) is 9.37. The van der Waals surface area contributed by atoms with Gasteiger partial charge in [0.15, 0.2) is 5.82 Å². The lowest BCUT2D eigenvalue weighted by atomic mass is 9.82. The van der Waals surface area contributed by atoms with Crippen LogP contribution in [0, 0.1) is 5.92 Å². The summed E-state index contributed by atoms with van der Waals surface area (Å²) in [4.78, 5) is 41.6. The van der Waals surface area contributed by atoms with E-state index in [2.05, 4.69) is 75.7 Å². The molecular formula is C42H38Cl2N6O3. The van der Waals surface area contributed by atoms with E-state index in [1.807, 2.05) is 47.4 Å². The van der Waals surface area contributed by atoms with Gasteiger partial charge in [0.25, 0.3) is 5.91 Å². The summed E-state index contributed by atoms with van der Waals surface area (Å²) in [5, 5.41) is 5.46. The lowest BCUT2D eigenvalue weighted by Crippen LogP contribution is -2.45. The van der Waals surface area contributed by atoms with Crippen LogP contribution < -0.4 is 10.2 Å². The summed E-state index contributed by atoms with van der Waals surface area (Å²) in [6, 6.07) is 26.0. The summed E-state index contributed by atoms with van der Waals surface area (Å²) in [6.45, 7) is 4.72. The van der Waals surface area contributed by atoms with Gasteiger partial charge in [0.05, 0.1) is 24.0 Å². The lowest BCUT2D eigenvalue weighted by molar-refractivity contribution is 0.102. The molecule has 2 fully saturated rings. The molecule has 2 unspecified atom stereocenters. The van der Waals surface area contributed by atoms with Crippen LogP contribution in [0.2, 0.25) is 10.0 Å². The number of halogens is 2. The number of hydrogen-bond acceptors (Lipinski definition) is 6. The molecule has 6 heterocycles. The van der Waals surface area contributed by atoms with Gasteiger partial charge in [0, 0.05) is 58.0 Å². The maximum atomic E-state index is 14.8. The maximum absolute atomic E-state index is 14.8. The molecule has 2 atom stereocenters.